The van der Waals surface area contributed by atoms with Crippen LogP contribution in [0.2, 0.25) is 0 Å². The van der Waals surface area contributed by atoms with Gasteiger partial charge in [-0.25, -0.2) is 4.79 Å². The number of benzene rings is 2. The number of carboxylic acids is 1. The number of carbonyl (C=O) groups excluding carboxylic acids is 2. The highest BCUT2D eigenvalue weighted by molar-refractivity contribution is 6.00. The number of furan rings is 1. The fourth-order valence-corrected chi connectivity index (χ4v) is 5.35. The molecule has 1 saturated heterocycles. The Bertz CT molecular complexity index is 1240. The van der Waals surface area contributed by atoms with E-state index >= 15 is 0 Å². The van der Waals surface area contributed by atoms with Crippen LogP contribution >= 0.6 is 0 Å². The number of nitrogens with one attached hydrogen (secondary N) is 1. The fraction of sp³-hybridized carbons (Fsp3) is 0.296. The molecule has 2 amide bonds. The molecule has 3 aromatic rings. The monoisotopic (exact) mass is 474 g/mol. The van der Waals surface area contributed by atoms with Crippen LogP contribution in [0.5, 0.6) is 0 Å². The van der Waals surface area contributed by atoms with E-state index in [1.54, 1.807) is 0 Å². The van der Waals surface area contributed by atoms with E-state index in [0.717, 1.165) is 22.3 Å². The van der Waals surface area contributed by atoms with Gasteiger partial charge in [-0.2, -0.15) is 0 Å². The highest BCUT2D eigenvalue weighted by Gasteiger charge is 2.41. The van der Waals surface area contributed by atoms with Crippen molar-refractivity contribution < 1.29 is 28.6 Å². The first-order valence-electron chi connectivity index (χ1n) is 11.7. The Morgan fingerprint density at radius 3 is 2.34 bits per heavy atom. The van der Waals surface area contributed by atoms with Gasteiger partial charge in [0.15, 0.2) is 0 Å². The molecule has 2 atom stereocenters. The number of likely N-dealkylation sites (tertiary alicyclic amines) is 1. The number of hydrogen-bond acceptors (Lipinski definition) is 5. The number of hydrogen-bond donors (Lipinski definition) is 2. The lowest BCUT2D eigenvalue weighted by Crippen LogP contribution is -2.39. The van der Waals surface area contributed by atoms with Crippen LogP contribution in [0, 0.1) is 5.92 Å². The SMILES string of the molecule is CCC1C(C(=O)O)CCN1C(=O)c1occc1NC(=O)OCC1c2ccccc2-c2ccccc21. The van der Waals surface area contributed by atoms with Gasteiger partial charge >= 0.3 is 12.1 Å². The van der Waals surface area contributed by atoms with Gasteiger partial charge in [-0.15, -0.1) is 0 Å². The number of anilines is 1. The van der Waals surface area contributed by atoms with Crippen LogP contribution < -0.4 is 5.32 Å². The third-order valence-electron chi connectivity index (χ3n) is 6.98. The number of carbonyl (C=O) groups is 3. The molecule has 0 bridgehead atoms. The van der Waals surface area contributed by atoms with Gasteiger partial charge in [0, 0.05) is 24.6 Å². The highest BCUT2D eigenvalue weighted by atomic mass is 16.5. The third-order valence-corrected chi connectivity index (χ3v) is 6.98. The number of aliphatic carboxylic acids is 1. The third kappa shape index (κ3) is 4.05. The van der Waals surface area contributed by atoms with E-state index in [9.17, 15) is 19.5 Å². The lowest BCUT2D eigenvalue weighted by molar-refractivity contribution is -0.142. The Labute approximate surface area is 202 Å². The smallest absolute Gasteiger partial charge is 0.411 e. The van der Waals surface area contributed by atoms with Crippen molar-refractivity contribution in [2.45, 2.75) is 31.7 Å². The van der Waals surface area contributed by atoms with Crippen LogP contribution in [0.25, 0.3) is 11.1 Å². The molecule has 0 radical (unpaired) electrons. The Balaban J connectivity index is 1.27. The molecule has 8 nitrogen and oxygen atoms in total. The predicted molar refractivity (Wildman–Crippen MR) is 128 cm³/mol. The molecule has 1 aliphatic heterocycles. The summed E-state index contributed by atoms with van der Waals surface area (Å²) in [5.74, 6) is -2.09. The van der Waals surface area contributed by atoms with Crippen LogP contribution in [-0.4, -0.2) is 47.2 Å². The molecular formula is C27H26N2O6. The zero-order valence-corrected chi connectivity index (χ0v) is 19.3. The molecule has 5 rings (SSSR count). The predicted octanol–water partition coefficient (Wildman–Crippen LogP) is 4.97. The summed E-state index contributed by atoms with van der Waals surface area (Å²) in [5.41, 5.74) is 4.67. The number of amides is 2. The first-order valence-corrected chi connectivity index (χ1v) is 11.7. The summed E-state index contributed by atoms with van der Waals surface area (Å²) in [5, 5.41) is 12.1. The minimum Gasteiger partial charge on any atom is -0.481 e. The second-order valence-corrected chi connectivity index (χ2v) is 8.82. The Kier molecular flexibility index (Phi) is 6.03. The molecule has 2 heterocycles. The minimum atomic E-state index is -0.913. The number of rotatable bonds is 6. The molecule has 2 N–H and O–H groups in total. The number of carboxylic acid groups (broad SMARTS) is 1. The summed E-state index contributed by atoms with van der Waals surface area (Å²) in [6.07, 6.45) is 1.52. The maximum Gasteiger partial charge on any atom is 0.411 e. The van der Waals surface area contributed by atoms with E-state index in [4.69, 9.17) is 9.15 Å². The average Bonchev–Trinajstić information content (AvgIpc) is 3.58. The molecule has 2 aliphatic rings. The van der Waals surface area contributed by atoms with Crippen molar-refractivity contribution in [2.24, 2.45) is 5.92 Å². The van der Waals surface area contributed by atoms with Crippen LogP contribution in [0.1, 0.15) is 47.4 Å². The molecule has 1 fully saturated rings. The summed E-state index contributed by atoms with van der Waals surface area (Å²) < 4.78 is 11.0. The van der Waals surface area contributed by atoms with E-state index in [1.807, 2.05) is 43.3 Å². The largest absolute Gasteiger partial charge is 0.481 e. The lowest BCUT2D eigenvalue weighted by atomic mass is 9.98. The van der Waals surface area contributed by atoms with Crippen LogP contribution in [0.4, 0.5) is 10.5 Å². The number of fused-ring (bicyclic) bond motifs is 3. The number of ether oxygens (including phenoxy) is 1. The van der Waals surface area contributed by atoms with Crippen molar-refractivity contribution in [3.05, 3.63) is 77.7 Å². The standard InChI is InChI=1S/C27H26N2O6/c1-2-23-20(26(31)32)11-13-29(23)25(30)24-22(12-14-34-24)28-27(33)35-15-21-18-9-5-3-7-16(18)17-8-4-6-10-19(17)21/h3-10,12,14,20-21,23H,2,11,13,15H2,1H3,(H,28,33)(H,31,32). The molecule has 2 unspecified atom stereocenters. The molecule has 2 aromatic carbocycles. The topological polar surface area (TPSA) is 109 Å². The molecule has 0 saturated carbocycles. The summed E-state index contributed by atoms with van der Waals surface area (Å²) in [7, 11) is 0. The zero-order chi connectivity index (χ0) is 24.5. The number of nitrogens with zero attached hydrogens (tertiary/aromatic N) is 1. The maximum absolute atomic E-state index is 13.1. The van der Waals surface area contributed by atoms with Crippen LogP contribution in [-0.2, 0) is 9.53 Å². The maximum atomic E-state index is 13.1. The van der Waals surface area contributed by atoms with Crippen molar-refractivity contribution in [1.29, 1.82) is 0 Å². The quantitative estimate of drug-likeness (QED) is 0.522. The van der Waals surface area contributed by atoms with E-state index in [2.05, 4.69) is 17.4 Å². The summed E-state index contributed by atoms with van der Waals surface area (Å²) in [6, 6.07) is 17.2. The van der Waals surface area contributed by atoms with Crippen molar-refractivity contribution in [2.75, 3.05) is 18.5 Å². The summed E-state index contributed by atoms with van der Waals surface area (Å²) in [6.45, 7) is 2.31. The first kappa shape index (κ1) is 22.7. The van der Waals surface area contributed by atoms with E-state index in [0.29, 0.717) is 19.4 Å². The second kappa shape index (κ2) is 9.29. The highest BCUT2D eigenvalue weighted by Crippen LogP contribution is 2.44. The van der Waals surface area contributed by atoms with Gasteiger partial charge in [-0.3, -0.25) is 14.9 Å². The summed E-state index contributed by atoms with van der Waals surface area (Å²) in [4.78, 5) is 38.9. The average molecular weight is 475 g/mol. The Morgan fingerprint density at radius 1 is 1.06 bits per heavy atom. The molecule has 1 aromatic heterocycles. The fourth-order valence-electron chi connectivity index (χ4n) is 5.35. The van der Waals surface area contributed by atoms with Crippen molar-refractivity contribution >= 4 is 23.7 Å². The molecule has 180 valence electrons. The first-order chi connectivity index (χ1) is 17.0. The normalized spacial score (nSPS) is 18.7. The molecular weight excluding hydrogens is 448 g/mol. The minimum absolute atomic E-state index is 0.0389. The van der Waals surface area contributed by atoms with Crippen LogP contribution in [0.15, 0.2) is 65.3 Å². The van der Waals surface area contributed by atoms with Crippen LogP contribution in [0.3, 0.4) is 0 Å². The van der Waals surface area contributed by atoms with Gasteiger partial charge in [-0.05, 0) is 35.1 Å². The van der Waals surface area contributed by atoms with Crippen molar-refractivity contribution in [3.63, 3.8) is 0 Å². The molecule has 1 aliphatic carbocycles. The molecule has 8 heteroatoms. The Morgan fingerprint density at radius 2 is 1.71 bits per heavy atom. The van der Waals surface area contributed by atoms with Crippen molar-refractivity contribution in [3.8, 4) is 11.1 Å². The molecule has 35 heavy (non-hydrogen) atoms. The van der Waals surface area contributed by atoms with E-state index < -0.39 is 29.9 Å². The van der Waals surface area contributed by atoms with Gasteiger partial charge in [0.2, 0.25) is 5.76 Å². The van der Waals surface area contributed by atoms with Gasteiger partial charge < -0.3 is 19.2 Å². The van der Waals surface area contributed by atoms with Gasteiger partial charge in [0.1, 0.15) is 6.61 Å². The summed E-state index contributed by atoms with van der Waals surface area (Å²) >= 11 is 0. The lowest BCUT2D eigenvalue weighted by Gasteiger charge is -2.25. The van der Waals surface area contributed by atoms with Crippen molar-refractivity contribution in [1.82, 2.24) is 4.90 Å². The Hall–Kier alpha value is -4.07. The van der Waals surface area contributed by atoms with Gasteiger partial charge in [0.05, 0.1) is 17.9 Å². The van der Waals surface area contributed by atoms with Gasteiger partial charge in [-0.1, -0.05) is 55.5 Å². The van der Waals surface area contributed by atoms with E-state index in [-0.39, 0.29) is 24.0 Å². The van der Waals surface area contributed by atoms with E-state index in [1.165, 1.54) is 17.2 Å². The molecule has 0 spiro atoms. The zero-order valence-electron chi connectivity index (χ0n) is 19.3. The van der Waals surface area contributed by atoms with Gasteiger partial charge in [0.25, 0.3) is 5.91 Å². The second-order valence-electron chi connectivity index (χ2n) is 8.82.